The van der Waals surface area contributed by atoms with Crippen LogP contribution in [0.2, 0.25) is 0 Å². The molecule has 0 bridgehead atoms. The molecule has 0 aliphatic rings. The first-order valence-electron chi connectivity index (χ1n) is 5.77. The molecule has 0 atom stereocenters. The lowest BCUT2D eigenvalue weighted by atomic mass is 10.2. The maximum Gasteiger partial charge on any atom is 0.263 e. The van der Waals surface area contributed by atoms with Gasteiger partial charge in [0.05, 0.1) is 4.90 Å². The highest BCUT2D eigenvalue weighted by atomic mass is 35.5. The van der Waals surface area contributed by atoms with Gasteiger partial charge in [0.25, 0.3) is 10.0 Å². The molecule has 0 unspecified atom stereocenters. The molecule has 102 valence electrons. The predicted molar refractivity (Wildman–Crippen MR) is 74.8 cm³/mol. The van der Waals surface area contributed by atoms with Gasteiger partial charge >= 0.3 is 0 Å². The molecule has 2 N–H and O–H groups in total. The lowest BCUT2D eigenvalue weighted by Crippen LogP contribution is -2.13. The van der Waals surface area contributed by atoms with Crippen LogP contribution in [0, 0.1) is 0 Å². The lowest BCUT2D eigenvalue weighted by molar-refractivity contribution is 0.601. The van der Waals surface area contributed by atoms with Crippen molar-refractivity contribution in [2.24, 2.45) is 0 Å². The normalized spacial score (nSPS) is 11.5. The van der Waals surface area contributed by atoms with E-state index in [9.17, 15) is 8.42 Å². The second-order valence-electron chi connectivity index (χ2n) is 4.02. The van der Waals surface area contributed by atoms with Crippen molar-refractivity contribution in [1.29, 1.82) is 0 Å². The van der Waals surface area contributed by atoms with Gasteiger partial charge in [0.15, 0.2) is 5.82 Å². The van der Waals surface area contributed by atoms with Crippen LogP contribution in [-0.2, 0) is 22.3 Å². The van der Waals surface area contributed by atoms with Crippen LogP contribution in [0.25, 0.3) is 0 Å². The molecule has 1 heterocycles. The summed E-state index contributed by atoms with van der Waals surface area (Å²) < 4.78 is 26.7. The van der Waals surface area contributed by atoms with Crippen LogP contribution < -0.4 is 4.72 Å². The minimum atomic E-state index is -3.63. The minimum Gasteiger partial charge on any atom is -0.280 e. The first-order valence-corrected chi connectivity index (χ1v) is 7.79. The van der Waals surface area contributed by atoms with E-state index in [1.807, 2.05) is 6.92 Å². The number of halogens is 1. The van der Waals surface area contributed by atoms with Gasteiger partial charge in [0, 0.05) is 17.6 Å². The molecule has 0 radical (unpaired) electrons. The van der Waals surface area contributed by atoms with E-state index in [0.717, 1.165) is 17.7 Å². The molecule has 19 heavy (non-hydrogen) atoms. The number of anilines is 1. The first-order chi connectivity index (χ1) is 9.05. The minimum absolute atomic E-state index is 0.173. The number of H-pyrrole nitrogens is 1. The summed E-state index contributed by atoms with van der Waals surface area (Å²) in [5.74, 6) is 0.555. The summed E-state index contributed by atoms with van der Waals surface area (Å²) >= 11 is 5.70. The van der Waals surface area contributed by atoms with Crippen LogP contribution in [0.1, 0.15) is 18.2 Å². The standard InChI is InChI=1S/C12H14ClN3O2S/c1-2-10-7-12(15-14-10)16-19(17,18)11-5-3-4-9(6-11)8-13/h3-7H,2,8H2,1H3,(H2,14,15,16). The monoisotopic (exact) mass is 299 g/mol. The van der Waals surface area contributed by atoms with Crippen molar-refractivity contribution in [1.82, 2.24) is 10.2 Å². The number of benzene rings is 1. The van der Waals surface area contributed by atoms with Gasteiger partial charge < -0.3 is 0 Å². The van der Waals surface area contributed by atoms with Gasteiger partial charge in [-0.1, -0.05) is 19.1 Å². The van der Waals surface area contributed by atoms with E-state index in [-0.39, 0.29) is 16.6 Å². The van der Waals surface area contributed by atoms with Crippen LogP contribution in [0.5, 0.6) is 0 Å². The Morgan fingerprint density at radius 1 is 1.37 bits per heavy atom. The van der Waals surface area contributed by atoms with Gasteiger partial charge in [-0.05, 0) is 24.1 Å². The van der Waals surface area contributed by atoms with E-state index in [2.05, 4.69) is 14.9 Å². The molecule has 0 saturated carbocycles. The van der Waals surface area contributed by atoms with Gasteiger partial charge in [-0.15, -0.1) is 11.6 Å². The second kappa shape index (κ2) is 5.63. The summed E-state index contributed by atoms with van der Waals surface area (Å²) in [6.45, 7) is 1.95. The molecule has 2 aromatic rings. The zero-order valence-corrected chi connectivity index (χ0v) is 11.9. The van der Waals surface area contributed by atoms with Crippen molar-refractivity contribution in [2.45, 2.75) is 24.1 Å². The number of aryl methyl sites for hydroxylation is 1. The van der Waals surface area contributed by atoms with Crippen LogP contribution in [0.15, 0.2) is 35.2 Å². The molecule has 2 rings (SSSR count). The van der Waals surface area contributed by atoms with Crippen molar-refractivity contribution in [3.05, 3.63) is 41.6 Å². The van der Waals surface area contributed by atoms with Gasteiger partial charge in [-0.3, -0.25) is 9.82 Å². The number of aromatic nitrogens is 2. The Morgan fingerprint density at radius 2 is 2.16 bits per heavy atom. The quantitative estimate of drug-likeness (QED) is 0.833. The molecule has 1 aromatic carbocycles. The Hall–Kier alpha value is -1.53. The van der Waals surface area contributed by atoms with Crippen LogP contribution in [0.4, 0.5) is 5.82 Å². The van der Waals surface area contributed by atoms with Gasteiger partial charge in [0.2, 0.25) is 0 Å². The van der Waals surface area contributed by atoms with E-state index < -0.39 is 10.0 Å². The number of rotatable bonds is 5. The zero-order valence-electron chi connectivity index (χ0n) is 10.4. The SMILES string of the molecule is CCc1cc(NS(=O)(=O)c2cccc(CCl)c2)n[nH]1. The van der Waals surface area contributed by atoms with E-state index in [0.29, 0.717) is 0 Å². The van der Waals surface area contributed by atoms with E-state index in [1.54, 1.807) is 24.3 Å². The molecule has 7 heteroatoms. The number of nitrogens with one attached hydrogen (secondary N) is 2. The highest BCUT2D eigenvalue weighted by molar-refractivity contribution is 7.92. The average Bonchev–Trinajstić information content (AvgIpc) is 2.85. The number of nitrogens with zero attached hydrogens (tertiary/aromatic N) is 1. The molecule has 0 spiro atoms. The fraction of sp³-hybridized carbons (Fsp3) is 0.250. The summed E-state index contributed by atoms with van der Waals surface area (Å²) in [6.07, 6.45) is 0.760. The van der Waals surface area contributed by atoms with Crippen molar-refractivity contribution < 1.29 is 8.42 Å². The van der Waals surface area contributed by atoms with Crippen molar-refractivity contribution in [3.8, 4) is 0 Å². The molecule has 0 amide bonds. The smallest absolute Gasteiger partial charge is 0.263 e. The Labute approximate surface area is 117 Å². The summed E-state index contributed by atoms with van der Waals surface area (Å²) in [5.41, 5.74) is 1.62. The van der Waals surface area contributed by atoms with E-state index >= 15 is 0 Å². The van der Waals surface area contributed by atoms with E-state index in [4.69, 9.17) is 11.6 Å². The number of aromatic amines is 1. The third-order valence-electron chi connectivity index (χ3n) is 2.61. The largest absolute Gasteiger partial charge is 0.280 e. The molecule has 5 nitrogen and oxygen atoms in total. The van der Waals surface area contributed by atoms with Gasteiger partial charge in [0.1, 0.15) is 0 Å². The summed E-state index contributed by atoms with van der Waals surface area (Å²) in [5, 5.41) is 6.65. The summed E-state index contributed by atoms with van der Waals surface area (Å²) in [6, 6.07) is 8.17. The van der Waals surface area contributed by atoms with Crippen LogP contribution in [-0.4, -0.2) is 18.6 Å². The van der Waals surface area contributed by atoms with E-state index in [1.165, 1.54) is 6.07 Å². The number of hydrogen-bond acceptors (Lipinski definition) is 3. The first kappa shape index (κ1) is 13.9. The Balaban J connectivity index is 2.26. The molecule has 0 fully saturated rings. The van der Waals surface area contributed by atoms with Crippen molar-refractivity contribution in [2.75, 3.05) is 4.72 Å². The fourth-order valence-electron chi connectivity index (χ4n) is 1.59. The highest BCUT2D eigenvalue weighted by Crippen LogP contribution is 2.17. The number of alkyl halides is 1. The molecular formula is C12H14ClN3O2S. The summed E-state index contributed by atoms with van der Waals surface area (Å²) in [7, 11) is -3.63. The Bertz CT molecular complexity index is 667. The Morgan fingerprint density at radius 3 is 2.79 bits per heavy atom. The third kappa shape index (κ3) is 3.27. The average molecular weight is 300 g/mol. The Kier molecular flexibility index (Phi) is 4.11. The van der Waals surface area contributed by atoms with Crippen molar-refractivity contribution in [3.63, 3.8) is 0 Å². The molecular weight excluding hydrogens is 286 g/mol. The van der Waals surface area contributed by atoms with Crippen LogP contribution >= 0.6 is 11.6 Å². The maximum absolute atomic E-state index is 12.2. The third-order valence-corrected chi connectivity index (χ3v) is 4.27. The molecule has 0 aliphatic carbocycles. The summed E-state index contributed by atoms with van der Waals surface area (Å²) in [4.78, 5) is 0.173. The number of sulfonamides is 1. The van der Waals surface area contributed by atoms with Gasteiger partial charge in [-0.25, -0.2) is 8.42 Å². The predicted octanol–water partition coefficient (Wildman–Crippen LogP) is 2.51. The zero-order chi connectivity index (χ0) is 13.9. The number of hydrogen-bond donors (Lipinski definition) is 2. The lowest BCUT2D eigenvalue weighted by Gasteiger charge is -2.06. The highest BCUT2D eigenvalue weighted by Gasteiger charge is 2.15. The second-order valence-corrected chi connectivity index (χ2v) is 5.97. The fourth-order valence-corrected chi connectivity index (χ4v) is 2.82. The van der Waals surface area contributed by atoms with Crippen LogP contribution in [0.3, 0.4) is 0 Å². The molecule has 0 saturated heterocycles. The molecule has 1 aromatic heterocycles. The van der Waals surface area contributed by atoms with Crippen molar-refractivity contribution >= 4 is 27.4 Å². The molecule has 0 aliphatic heterocycles. The topological polar surface area (TPSA) is 74.8 Å². The maximum atomic E-state index is 12.2. The van der Waals surface area contributed by atoms with Gasteiger partial charge in [-0.2, -0.15) is 5.10 Å².